The molecule has 0 spiro atoms. The number of carbonyl (C=O) groups is 1. The molecular weight excluding hydrogens is 392 g/mol. The van der Waals surface area contributed by atoms with Crippen LogP contribution in [0.15, 0.2) is 24.3 Å². The molecule has 0 radical (unpaired) electrons. The molecule has 1 aromatic rings. The van der Waals surface area contributed by atoms with Gasteiger partial charge in [0.2, 0.25) is 0 Å². The third kappa shape index (κ3) is 7.81. The van der Waals surface area contributed by atoms with Gasteiger partial charge in [0.25, 0.3) is 0 Å². The normalized spacial score (nSPS) is 12.9. The topological polar surface area (TPSA) is 83.5 Å². The van der Waals surface area contributed by atoms with E-state index in [9.17, 15) is 4.79 Å². The molecule has 0 aliphatic carbocycles. The first-order valence-electron chi connectivity index (χ1n) is 10.2. The summed E-state index contributed by atoms with van der Waals surface area (Å²) >= 11 is 0. The van der Waals surface area contributed by atoms with Crippen LogP contribution < -0.4 is 9.47 Å². The van der Waals surface area contributed by atoms with Crippen molar-refractivity contribution in [2.75, 3.05) is 26.4 Å². The fourth-order valence-corrected chi connectivity index (χ4v) is 5.82. The smallest absolute Gasteiger partial charge is 0.490 e. The molecule has 0 fully saturated rings. The summed E-state index contributed by atoms with van der Waals surface area (Å²) in [5, 5.41) is 8.90. The maximum absolute atomic E-state index is 10.9. The zero-order valence-electron chi connectivity index (χ0n) is 18.1. The van der Waals surface area contributed by atoms with Gasteiger partial charge in [0.1, 0.15) is 0 Å². The summed E-state index contributed by atoms with van der Waals surface area (Å²) in [4.78, 5) is 10.9. The number of hydrogen-bond donors (Lipinski definition) is 1. The largest absolute Gasteiger partial charge is 0.543 e. The molecule has 8 heteroatoms. The molecule has 0 aromatic heterocycles. The summed E-state index contributed by atoms with van der Waals surface area (Å²) in [6.07, 6.45) is 4.14. The second-order valence-electron chi connectivity index (χ2n) is 6.11. The monoisotopic (exact) mass is 426 g/mol. The van der Waals surface area contributed by atoms with E-state index in [0.717, 1.165) is 12.5 Å². The predicted molar refractivity (Wildman–Crippen MR) is 114 cm³/mol. The average molecular weight is 427 g/mol. The minimum Gasteiger partial charge on any atom is -0.490 e. The Hall–Kier alpha value is -1.87. The van der Waals surface area contributed by atoms with E-state index in [-0.39, 0.29) is 0 Å². The second kappa shape index (κ2) is 13.4. The van der Waals surface area contributed by atoms with Gasteiger partial charge in [0.05, 0.1) is 6.61 Å². The Labute approximate surface area is 174 Å². The van der Waals surface area contributed by atoms with E-state index in [1.165, 1.54) is 6.08 Å². The van der Waals surface area contributed by atoms with E-state index in [1.54, 1.807) is 18.2 Å². The van der Waals surface area contributed by atoms with Crippen LogP contribution in [0.25, 0.3) is 6.08 Å². The van der Waals surface area contributed by atoms with E-state index >= 15 is 0 Å². The highest BCUT2D eigenvalue weighted by molar-refractivity contribution is 6.62. The van der Waals surface area contributed by atoms with Gasteiger partial charge in [-0.3, -0.25) is 0 Å². The van der Waals surface area contributed by atoms with Crippen molar-refractivity contribution in [3.63, 3.8) is 0 Å². The molecule has 0 amide bonds. The van der Waals surface area contributed by atoms with Gasteiger partial charge >= 0.3 is 14.8 Å². The van der Waals surface area contributed by atoms with Crippen molar-refractivity contribution in [2.24, 2.45) is 0 Å². The number of benzene rings is 1. The zero-order chi connectivity index (χ0) is 21.7. The number of aliphatic carboxylic acids is 1. The maximum Gasteiger partial charge on any atom is 0.543 e. The molecule has 1 rings (SSSR count). The van der Waals surface area contributed by atoms with Gasteiger partial charge in [-0.05, 0) is 57.9 Å². The van der Waals surface area contributed by atoms with Gasteiger partial charge in [-0.1, -0.05) is 19.4 Å². The number of carboxylic acid groups (broad SMARTS) is 1. The molecule has 164 valence electrons. The van der Waals surface area contributed by atoms with Crippen molar-refractivity contribution in [3.05, 3.63) is 29.8 Å². The molecule has 7 nitrogen and oxygen atoms in total. The van der Waals surface area contributed by atoms with Crippen LogP contribution in [0.2, 0.25) is 0 Å². The van der Waals surface area contributed by atoms with Crippen LogP contribution in [-0.2, 0) is 18.1 Å². The molecule has 1 aromatic carbocycles. The first-order valence-corrected chi connectivity index (χ1v) is 12.0. The van der Waals surface area contributed by atoms with Gasteiger partial charge in [0.15, 0.2) is 17.2 Å². The fraction of sp³-hybridized carbons (Fsp3) is 0.571. The molecule has 1 N–H and O–H groups in total. The molecule has 0 aliphatic rings. The second-order valence-corrected chi connectivity index (χ2v) is 8.83. The Morgan fingerprint density at radius 1 is 1.00 bits per heavy atom. The number of hydrogen-bond acceptors (Lipinski definition) is 6. The molecule has 1 unspecified atom stereocenters. The van der Waals surface area contributed by atoms with Crippen molar-refractivity contribution in [3.8, 4) is 11.5 Å². The van der Waals surface area contributed by atoms with Gasteiger partial charge in [0, 0.05) is 25.9 Å². The summed E-state index contributed by atoms with van der Waals surface area (Å²) in [6.45, 7) is 11.5. The first kappa shape index (κ1) is 25.2. The average Bonchev–Trinajstić information content (AvgIpc) is 2.68. The van der Waals surface area contributed by atoms with Crippen molar-refractivity contribution in [1.82, 2.24) is 0 Å². The van der Waals surface area contributed by atoms with E-state index in [2.05, 4.69) is 6.92 Å². The first-order chi connectivity index (χ1) is 14.0. The van der Waals surface area contributed by atoms with Crippen LogP contribution >= 0.6 is 0 Å². The van der Waals surface area contributed by atoms with Crippen LogP contribution in [0.5, 0.6) is 11.5 Å². The van der Waals surface area contributed by atoms with Gasteiger partial charge in [-0.2, -0.15) is 0 Å². The molecule has 0 heterocycles. The minimum atomic E-state index is -3.12. The zero-order valence-corrected chi connectivity index (χ0v) is 19.1. The Balaban J connectivity index is 3.35. The third-order valence-electron chi connectivity index (χ3n) is 3.94. The Morgan fingerprint density at radius 2 is 1.62 bits per heavy atom. The third-order valence-corrected chi connectivity index (χ3v) is 7.21. The quantitative estimate of drug-likeness (QED) is 0.330. The highest BCUT2D eigenvalue weighted by Crippen LogP contribution is 2.33. The molecule has 0 aliphatic heterocycles. The molecular formula is C21H34O7Si. The number of carboxylic acids is 1. The van der Waals surface area contributed by atoms with E-state index < -0.39 is 20.5 Å². The Morgan fingerprint density at radius 3 is 2.10 bits per heavy atom. The summed E-state index contributed by atoms with van der Waals surface area (Å²) in [7, 11) is -3.12. The standard InChI is InChI=1S/C21H34O7Si/c1-6-11-21(29(25-8-3,26-9-4)27-10-5)28-19-16-17(13-15-20(22)23)12-14-18(19)24-7-2/h12-16,21H,6-11H2,1-5H3,(H,22,23)/b15-13+. The van der Waals surface area contributed by atoms with Gasteiger partial charge in [-0.25, -0.2) is 4.79 Å². The maximum atomic E-state index is 10.9. The lowest BCUT2D eigenvalue weighted by Crippen LogP contribution is -2.59. The highest BCUT2D eigenvalue weighted by atomic mass is 28.4. The molecule has 29 heavy (non-hydrogen) atoms. The summed E-state index contributed by atoms with van der Waals surface area (Å²) in [6, 6.07) is 5.31. The van der Waals surface area contributed by atoms with Gasteiger partial charge in [-0.15, -0.1) is 0 Å². The van der Waals surface area contributed by atoms with E-state index in [1.807, 2.05) is 27.7 Å². The predicted octanol–water partition coefficient (Wildman–Crippen LogP) is 4.32. The van der Waals surface area contributed by atoms with Crippen LogP contribution in [-0.4, -0.2) is 52.0 Å². The highest BCUT2D eigenvalue weighted by Gasteiger charge is 2.51. The summed E-state index contributed by atoms with van der Waals surface area (Å²) in [5.41, 5.74) is 0.280. The Kier molecular flexibility index (Phi) is 11.6. The molecule has 1 atom stereocenters. The lowest BCUT2D eigenvalue weighted by Gasteiger charge is -2.35. The van der Waals surface area contributed by atoms with Gasteiger partial charge < -0.3 is 27.9 Å². The lowest BCUT2D eigenvalue weighted by atomic mass is 10.2. The van der Waals surface area contributed by atoms with Crippen molar-refractivity contribution < 1.29 is 32.7 Å². The van der Waals surface area contributed by atoms with Crippen molar-refractivity contribution in [1.29, 1.82) is 0 Å². The molecule has 0 saturated carbocycles. The van der Waals surface area contributed by atoms with E-state index in [4.69, 9.17) is 27.9 Å². The van der Waals surface area contributed by atoms with Crippen LogP contribution in [0.3, 0.4) is 0 Å². The lowest BCUT2D eigenvalue weighted by molar-refractivity contribution is -0.131. The summed E-state index contributed by atoms with van der Waals surface area (Å²) < 4.78 is 30.2. The van der Waals surface area contributed by atoms with Crippen molar-refractivity contribution >= 4 is 20.8 Å². The fourth-order valence-electron chi connectivity index (χ4n) is 2.89. The SMILES string of the molecule is CCCC(Oc1cc(/C=C/C(=O)O)ccc1OCC)[Si](OCC)(OCC)OCC. The molecule has 0 saturated heterocycles. The van der Waals surface area contributed by atoms with Crippen LogP contribution in [0, 0.1) is 0 Å². The van der Waals surface area contributed by atoms with Crippen LogP contribution in [0.1, 0.15) is 53.0 Å². The van der Waals surface area contributed by atoms with E-state index in [0.29, 0.717) is 49.9 Å². The Bertz CT molecular complexity index is 631. The van der Waals surface area contributed by atoms with Crippen molar-refractivity contribution in [2.45, 2.75) is 53.2 Å². The summed E-state index contributed by atoms with van der Waals surface area (Å²) in [5.74, 6) is 0.0722. The number of rotatable bonds is 15. The molecule has 0 bridgehead atoms. The minimum absolute atomic E-state index is 0.412. The van der Waals surface area contributed by atoms with Crippen LogP contribution in [0.4, 0.5) is 0 Å². The number of ether oxygens (including phenoxy) is 2.